The highest BCUT2D eigenvalue weighted by molar-refractivity contribution is 5.82. The Balaban J connectivity index is 1.83. The van der Waals surface area contributed by atoms with Crippen molar-refractivity contribution in [3.8, 4) is 0 Å². The summed E-state index contributed by atoms with van der Waals surface area (Å²) < 4.78 is 0. The Morgan fingerprint density at radius 3 is 2.56 bits per heavy atom. The first-order chi connectivity index (χ1) is 7.81. The molecule has 0 aromatic carbocycles. The maximum atomic E-state index is 12.3. The van der Waals surface area contributed by atoms with E-state index in [0.717, 1.165) is 32.0 Å². The molecule has 2 aliphatic rings. The van der Waals surface area contributed by atoms with Gasteiger partial charge in [0.05, 0.1) is 6.04 Å². The lowest BCUT2D eigenvalue weighted by Gasteiger charge is -2.34. The van der Waals surface area contributed by atoms with Crippen molar-refractivity contribution in [1.82, 2.24) is 10.2 Å². The Labute approximate surface area is 98.6 Å². The van der Waals surface area contributed by atoms with E-state index in [1.54, 1.807) is 0 Å². The fraction of sp³-hybridized carbons (Fsp3) is 0.923. The number of likely N-dealkylation sites (N-methyl/N-ethyl adjacent to an activating group) is 1. The Morgan fingerprint density at radius 1 is 1.25 bits per heavy atom. The third-order valence-corrected chi connectivity index (χ3v) is 4.01. The van der Waals surface area contributed by atoms with Crippen LogP contribution in [-0.4, -0.2) is 36.5 Å². The van der Waals surface area contributed by atoms with Gasteiger partial charge in [0, 0.05) is 13.1 Å². The van der Waals surface area contributed by atoms with E-state index in [9.17, 15) is 4.79 Å². The molecule has 3 nitrogen and oxygen atoms in total. The van der Waals surface area contributed by atoms with Crippen LogP contribution in [0.4, 0.5) is 0 Å². The number of carbonyl (C=O) groups excluding carboxylic acids is 1. The number of carbonyl (C=O) groups is 1. The van der Waals surface area contributed by atoms with Crippen LogP contribution in [0.2, 0.25) is 0 Å². The maximum absolute atomic E-state index is 12.3. The third-order valence-electron chi connectivity index (χ3n) is 4.01. The first-order valence-corrected chi connectivity index (χ1v) is 6.83. The van der Waals surface area contributed by atoms with Crippen LogP contribution in [0.3, 0.4) is 0 Å². The molecule has 92 valence electrons. The minimum atomic E-state index is 0.105. The van der Waals surface area contributed by atoms with Gasteiger partial charge in [-0.3, -0.25) is 4.79 Å². The summed E-state index contributed by atoms with van der Waals surface area (Å²) >= 11 is 0. The van der Waals surface area contributed by atoms with Crippen molar-refractivity contribution >= 4 is 5.91 Å². The molecule has 1 aliphatic heterocycles. The molecule has 0 aromatic rings. The van der Waals surface area contributed by atoms with Gasteiger partial charge in [0.25, 0.3) is 0 Å². The third kappa shape index (κ3) is 2.76. The molecular formula is C13H24N2O. The van der Waals surface area contributed by atoms with Crippen LogP contribution in [0, 0.1) is 5.92 Å². The topological polar surface area (TPSA) is 32.3 Å². The van der Waals surface area contributed by atoms with Gasteiger partial charge in [-0.25, -0.2) is 0 Å². The van der Waals surface area contributed by atoms with Crippen LogP contribution in [0.5, 0.6) is 0 Å². The summed E-state index contributed by atoms with van der Waals surface area (Å²) in [4.78, 5) is 14.3. The van der Waals surface area contributed by atoms with Crippen LogP contribution in [0.15, 0.2) is 0 Å². The Hall–Kier alpha value is -0.570. The summed E-state index contributed by atoms with van der Waals surface area (Å²) in [6, 6.07) is 0.105. The molecule has 0 aromatic heterocycles. The van der Waals surface area contributed by atoms with Gasteiger partial charge in [-0.15, -0.1) is 0 Å². The smallest absolute Gasteiger partial charge is 0.239 e. The highest BCUT2D eigenvalue weighted by Crippen LogP contribution is 2.27. The zero-order valence-corrected chi connectivity index (χ0v) is 10.4. The summed E-state index contributed by atoms with van der Waals surface area (Å²) in [5.74, 6) is 1.13. The van der Waals surface area contributed by atoms with E-state index in [0.29, 0.717) is 5.91 Å². The van der Waals surface area contributed by atoms with Gasteiger partial charge < -0.3 is 10.2 Å². The SMILES string of the molecule is CCN(CC1CCC1)C(=O)C1CCCCN1. The number of nitrogens with zero attached hydrogens (tertiary/aromatic N) is 1. The predicted octanol–water partition coefficient (Wildman–Crippen LogP) is 1.78. The minimum Gasteiger partial charge on any atom is -0.341 e. The molecule has 16 heavy (non-hydrogen) atoms. The van der Waals surface area contributed by atoms with Crippen molar-refractivity contribution < 1.29 is 4.79 Å². The van der Waals surface area contributed by atoms with E-state index in [2.05, 4.69) is 17.1 Å². The molecule has 1 saturated heterocycles. The lowest BCUT2D eigenvalue weighted by Crippen LogP contribution is -2.50. The fourth-order valence-corrected chi connectivity index (χ4v) is 2.64. The second-order valence-electron chi connectivity index (χ2n) is 5.18. The van der Waals surface area contributed by atoms with E-state index in [1.165, 1.54) is 32.1 Å². The number of hydrogen-bond acceptors (Lipinski definition) is 2. The van der Waals surface area contributed by atoms with Crippen molar-refractivity contribution in [3.05, 3.63) is 0 Å². The van der Waals surface area contributed by atoms with Gasteiger partial charge in [-0.2, -0.15) is 0 Å². The molecule has 1 amide bonds. The average Bonchev–Trinajstić information content (AvgIpc) is 2.28. The van der Waals surface area contributed by atoms with E-state index < -0.39 is 0 Å². The van der Waals surface area contributed by atoms with Gasteiger partial charge in [0.2, 0.25) is 5.91 Å². The second-order valence-corrected chi connectivity index (χ2v) is 5.18. The van der Waals surface area contributed by atoms with E-state index in [1.807, 2.05) is 0 Å². The monoisotopic (exact) mass is 224 g/mol. The van der Waals surface area contributed by atoms with Crippen molar-refractivity contribution in [3.63, 3.8) is 0 Å². The van der Waals surface area contributed by atoms with Crippen molar-refractivity contribution in [2.24, 2.45) is 5.92 Å². The second kappa shape index (κ2) is 5.67. The lowest BCUT2D eigenvalue weighted by molar-refractivity contribution is -0.134. The van der Waals surface area contributed by atoms with E-state index in [-0.39, 0.29) is 6.04 Å². The highest BCUT2D eigenvalue weighted by atomic mass is 16.2. The first kappa shape index (κ1) is 11.9. The molecule has 1 unspecified atom stereocenters. The van der Waals surface area contributed by atoms with Crippen LogP contribution in [-0.2, 0) is 4.79 Å². The van der Waals surface area contributed by atoms with Gasteiger partial charge in [-0.1, -0.05) is 12.8 Å². The van der Waals surface area contributed by atoms with Crippen LogP contribution in [0.25, 0.3) is 0 Å². The summed E-state index contributed by atoms with van der Waals surface area (Å²) in [5, 5.41) is 3.35. The van der Waals surface area contributed by atoms with Gasteiger partial charge in [-0.05, 0) is 45.1 Å². The summed E-state index contributed by atoms with van der Waals surface area (Å²) in [6.07, 6.45) is 7.45. The minimum absolute atomic E-state index is 0.105. The number of piperidine rings is 1. The number of amides is 1. The number of nitrogens with one attached hydrogen (secondary N) is 1. The normalized spacial score (nSPS) is 26.2. The van der Waals surface area contributed by atoms with Gasteiger partial charge in [0.1, 0.15) is 0 Å². The molecule has 0 bridgehead atoms. The predicted molar refractivity (Wildman–Crippen MR) is 65.2 cm³/mol. The van der Waals surface area contributed by atoms with Gasteiger partial charge in [0.15, 0.2) is 0 Å². The molecule has 0 spiro atoms. The average molecular weight is 224 g/mol. The molecule has 1 atom stereocenters. The standard InChI is InChI=1S/C13H24N2O/c1-2-15(10-11-6-5-7-11)13(16)12-8-3-4-9-14-12/h11-12,14H,2-10H2,1H3. The van der Waals surface area contributed by atoms with E-state index >= 15 is 0 Å². The Morgan fingerprint density at radius 2 is 2.06 bits per heavy atom. The van der Waals surface area contributed by atoms with Crippen molar-refractivity contribution in [1.29, 1.82) is 0 Å². The summed E-state index contributed by atoms with van der Waals surface area (Å²) in [6.45, 7) is 4.97. The number of hydrogen-bond donors (Lipinski definition) is 1. The molecule has 1 heterocycles. The quantitative estimate of drug-likeness (QED) is 0.789. The molecular weight excluding hydrogens is 200 g/mol. The largest absolute Gasteiger partial charge is 0.341 e. The van der Waals surface area contributed by atoms with Crippen LogP contribution < -0.4 is 5.32 Å². The Kier molecular flexibility index (Phi) is 4.22. The fourth-order valence-electron chi connectivity index (χ4n) is 2.64. The molecule has 2 rings (SSSR count). The van der Waals surface area contributed by atoms with Crippen LogP contribution >= 0.6 is 0 Å². The zero-order chi connectivity index (χ0) is 11.4. The van der Waals surface area contributed by atoms with Crippen molar-refractivity contribution in [2.75, 3.05) is 19.6 Å². The summed E-state index contributed by atoms with van der Waals surface area (Å²) in [7, 11) is 0. The first-order valence-electron chi connectivity index (χ1n) is 6.83. The van der Waals surface area contributed by atoms with Gasteiger partial charge >= 0.3 is 0 Å². The molecule has 0 radical (unpaired) electrons. The maximum Gasteiger partial charge on any atom is 0.239 e. The zero-order valence-electron chi connectivity index (χ0n) is 10.4. The molecule has 1 saturated carbocycles. The molecule has 3 heteroatoms. The molecule has 2 fully saturated rings. The number of rotatable bonds is 4. The summed E-state index contributed by atoms with van der Waals surface area (Å²) in [5.41, 5.74) is 0. The van der Waals surface area contributed by atoms with Crippen LogP contribution in [0.1, 0.15) is 45.4 Å². The van der Waals surface area contributed by atoms with E-state index in [4.69, 9.17) is 0 Å². The Bertz CT molecular complexity index is 232. The lowest BCUT2D eigenvalue weighted by atomic mass is 9.85. The molecule has 1 aliphatic carbocycles. The van der Waals surface area contributed by atoms with Crippen molar-refractivity contribution in [2.45, 2.75) is 51.5 Å². The highest BCUT2D eigenvalue weighted by Gasteiger charge is 2.28. The molecule has 1 N–H and O–H groups in total.